The molecule has 0 saturated heterocycles. The number of unbranched alkanes of at least 4 members (excludes halogenated alkanes) is 1. The van der Waals surface area contributed by atoms with Crippen molar-refractivity contribution in [2.75, 3.05) is 0 Å². The second-order valence-corrected chi connectivity index (χ2v) is 10.3. The van der Waals surface area contributed by atoms with E-state index in [1.807, 2.05) is 26.0 Å². The van der Waals surface area contributed by atoms with Crippen LogP contribution in [-0.2, 0) is 14.8 Å². The van der Waals surface area contributed by atoms with Crippen LogP contribution in [0.3, 0.4) is 0 Å². The van der Waals surface area contributed by atoms with E-state index in [2.05, 4.69) is 4.72 Å². The summed E-state index contributed by atoms with van der Waals surface area (Å²) in [5.41, 5.74) is 1.25. The van der Waals surface area contributed by atoms with Crippen molar-refractivity contribution in [3.8, 4) is 5.75 Å². The normalized spacial score (nSPS) is 12.7. The molecule has 0 aliphatic heterocycles. The minimum absolute atomic E-state index is 0.0768. The highest BCUT2D eigenvalue weighted by Crippen LogP contribution is 2.31. The molecule has 0 unspecified atom stereocenters. The van der Waals surface area contributed by atoms with Gasteiger partial charge < -0.3 is 9.15 Å². The molecule has 0 aliphatic carbocycles. The van der Waals surface area contributed by atoms with Gasteiger partial charge in [-0.25, -0.2) is 18.0 Å². The van der Waals surface area contributed by atoms with E-state index >= 15 is 0 Å². The minimum Gasteiger partial charge on any atom is -0.425 e. The van der Waals surface area contributed by atoms with E-state index < -0.39 is 27.7 Å². The maximum atomic E-state index is 13.1. The van der Waals surface area contributed by atoms with E-state index in [0.717, 1.165) is 22.8 Å². The van der Waals surface area contributed by atoms with E-state index in [4.69, 9.17) is 9.15 Å². The van der Waals surface area contributed by atoms with Crippen LogP contribution in [0.4, 0.5) is 0 Å². The van der Waals surface area contributed by atoms with Gasteiger partial charge in [0.2, 0.25) is 10.0 Å². The number of carbonyl (C=O) groups is 1. The fraction of sp³-hybridized carbons (Fsp3) is 0.259. The average Bonchev–Trinajstić information content (AvgIpc) is 2.84. The Bertz CT molecular complexity index is 1550. The van der Waals surface area contributed by atoms with Gasteiger partial charge in [0.05, 0.1) is 10.3 Å². The van der Waals surface area contributed by atoms with E-state index in [9.17, 15) is 18.0 Å². The smallest absolute Gasteiger partial charge is 0.344 e. The lowest BCUT2D eigenvalue weighted by Crippen LogP contribution is -2.43. The number of ether oxygens (including phenoxy) is 1. The SMILES string of the molecule is CCCC[C@@H](NS(=O)(=O)c1ccc(C)cc1)C(=O)Oc1ccc2c(oc(=O)c3ccccc32)c1C. The summed E-state index contributed by atoms with van der Waals surface area (Å²) >= 11 is 0. The molecule has 0 bridgehead atoms. The molecule has 1 aromatic heterocycles. The largest absolute Gasteiger partial charge is 0.425 e. The molecule has 3 aromatic carbocycles. The first-order valence-corrected chi connectivity index (χ1v) is 13.0. The van der Waals surface area contributed by atoms with Crippen LogP contribution in [-0.4, -0.2) is 20.4 Å². The van der Waals surface area contributed by atoms with Crippen LogP contribution in [0, 0.1) is 13.8 Å². The number of sulfonamides is 1. The number of carbonyl (C=O) groups excluding carboxylic acids is 1. The first kappa shape index (κ1) is 24.6. The molecule has 8 heteroatoms. The van der Waals surface area contributed by atoms with Crippen LogP contribution in [0.25, 0.3) is 21.7 Å². The molecule has 0 aliphatic rings. The summed E-state index contributed by atoms with van der Waals surface area (Å²) in [4.78, 5) is 25.7. The summed E-state index contributed by atoms with van der Waals surface area (Å²) in [6, 6.07) is 15.8. The maximum absolute atomic E-state index is 13.1. The molecule has 7 nitrogen and oxygen atoms in total. The summed E-state index contributed by atoms with van der Waals surface area (Å²) < 4.78 is 39.5. The van der Waals surface area contributed by atoms with E-state index in [1.54, 1.807) is 43.3 Å². The summed E-state index contributed by atoms with van der Waals surface area (Å²) in [6.07, 6.45) is 1.70. The van der Waals surface area contributed by atoms with E-state index in [0.29, 0.717) is 23.0 Å². The van der Waals surface area contributed by atoms with Crippen molar-refractivity contribution in [1.82, 2.24) is 4.72 Å². The molecule has 35 heavy (non-hydrogen) atoms. The predicted octanol–water partition coefficient (Wildman–Crippen LogP) is 5.01. The molecule has 1 N–H and O–H groups in total. The number of rotatable bonds is 8. The first-order chi connectivity index (χ1) is 16.7. The van der Waals surface area contributed by atoms with Crippen molar-refractivity contribution < 1.29 is 22.4 Å². The monoisotopic (exact) mass is 493 g/mol. The molecule has 0 amide bonds. The average molecular weight is 494 g/mol. The number of esters is 1. The highest BCUT2D eigenvalue weighted by Gasteiger charge is 2.28. The van der Waals surface area contributed by atoms with Gasteiger partial charge in [-0.1, -0.05) is 55.7 Å². The molecule has 4 rings (SSSR count). The Balaban J connectivity index is 1.65. The Labute approximate surface area is 203 Å². The van der Waals surface area contributed by atoms with Gasteiger partial charge >= 0.3 is 11.6 Å². The van der Waals surface area contributed by atoms with Gasteiger partial charge in [0.1, 0.15) is 17.4 Å². The fourth-order valence-corrected chi connectivity index (χ4v) is 5.18. The van der Waals surface area contributed by atoms with Gasteiger partial charge in [0.15, 0.2) is 0 Å². The molecule has 0 saturated carbocycles. The maximum Gasteiger partial charge on any atom is 0.344 e. The number of hydrogen-bond acceptors (Lipinski definition) is 6. The van der Waals surface area contributed by atoms with Crippen molar-refractivity contribution >= 4 is 37.7 Å². The molecule has 1 heterocycles. The zero-order valence-electron chi connectivity index (χ0n) is 19.8. The van der Waals surface area contributed by atoms with Crippen LogP contribution in [0.1, 0.15) is 37.3 Å². The quantitative estimate of drug-likeness (QED) is 0.160. The van der Waals surface area contributed by atoms with Crippen molar-refractivity contribution in [1.29, 1.82) is 0 Å². The van der Waals surface area contributed by atoms with Crippen LogP contribution in [0.2, 0.25) is 0 Å². The van der Waals surface area contributed by atoms with Crippen molar-refractivity contribution in [2.45, 2.75) is 51.0 Å². The highest BCUT2D eigenvalue weighted by molar-refractivity contribution is 7.89. The zero-order valence-corrected chi connectivity index (χ0v) is 20.6. The standard InChI is InChI=1S/C27H27NO6S/c1-4-5-10-23(28-35(31,32)19-13-11-17(2)12-14-19)27(30)33-24-16-15-21-20-8-6-7-9-22(20)26(29)34-25(21)18(24)3/h6-9,11-16,23,28H,4-5,10H2,1-3H3/t23-/m1/s1. The van der Waals surface area contributed by atoms with Crippen molar-refractivity contribution in [3.63, 3.8) is 0 Å². The second-order valence-electron chi connectivity index (χ2n) is 8.55. The molecule has 182 valence electrons. The van der Waals surface area contributed by atoms with Crippen molar-refractivity contribution in [3.05, 3.63) is 82.2 Å². The van der Waals surface area contributed by atoms with Crippen molar-refractivity contribution in [2.24, 2.45) is 0 Å². The number of fused-ring (bicyclic) bond motifs is 3. The van der Waals surface area contributed by atoms with Crippen LogP contribution in [0.15, 0.2) is 74.8 Å². The van der Waals surface area contributed by atoms with E-state index in [-0.39, 0.29) is 17.1 Å². The third kappa shape index (κ3) is 5.13. The lowest BCUT2D eigenvalue weighted by molar-refractivity contribution is -0.136. The Kier molecular flexibility index (Phi) is 7.05. The predicted molar refractivity (Wildman–Crippen MR) is 135 cm³/mol. The van der Waals surface area contributed by atoms with Crippen LogP contribution in [0.5, 0.6) is 5.75 Å². The topological polar surface area (TPSA) is 103 Å². The van der Waals surface area contributed by atoms with E-state index in [1.165, 1.54) is 12.1 Å². The Morgan fingerprint density at radius 3 is 2.34 bits per heavy atom. The summed E-state index contributed by atoms with van der Waals surface area (Å²) in [5, 5.41) is 1.93. The number of benzene rings is 3. The number of nitrogens with one attached hydrogen (secondary N) is 1. The Morgan fingerprint density at radius 1 is 0.971 bits per heavy atom. The molecule has 0 radical (unpaired) electrons. The van der Waals surface area contributed by atoms with Gasteiger partial charge in [-0.2, -0.15) is 4.72 Å². The summed E-state index contributed by atoms with van der Waals surface area (Å²) in [6.45, 7) is 5.51. The molecular weight excluding hydrogens is 466 g/mol. The van der Waals surface area contributed by atoms with Crippen LogP contribution >= 0.6 is 0 Å². The first-order valence-electron chi connectivity index (χ1n) is 11.5. The van der Waals surface area contributed by atoms with Crippen LogP contribution < -0.4 is 15.1 Å². The summed E-state index contributed by atoms with van der Waals surface area (Å²) in [5.74, 6) is -0.517. The Morgan fingerprint density at radius 2 is 1.66 bits per heavy atom. The van der Waals surface area contributed by atoms with Gasteiger partial charge in [0, 0.05) is 10.9 Å². The molecular formula is C27H27NO6S. The van der Waals surface area contributed by atoms with Gasteiger partial charge in [-0.05, 0) is 56.0 Å². The Hall–Kier alpha value is -3.49. The zero-order chi connectivity index (χ0) is 25.2. The lowest BCUT2D eigenvalue weighted by Gasteiger charge is -2.18. The lowest BCUT2D eigenvalue weighted by atomic mass is 10.0. The number of hydrogen-bond donors (Lipinski definition) is 1. The molecule has 4 aromatic rings. The molecule has 0 spiro atoms. The molecule has 0 fully saturated rings. The van der Waals surface area contributed by atoms with Gasteiger partial charge in [-0.15, -0.1) is 0 Å². The highest BCUT2D eigenvalue weighted by atomic mass is 32.2. The summed E-state index contributed by atoms with van der Waals surface area (Å²) in [7, 11) is -3.93. The van der Waals surface area contributed by atoms with Gasteiger partial charge in [-0.3, -0.25) is 0 Å². The second kappa shape index (κ2) is 10.0. The fourth-order valence-electron chi connectivity index (χ4n) is 3.96. The number of aryl methyl sites for hydroxylation is 2. The third-order valence-electron chi connectivity index (χ3n) is 5.96. The minimum atomic E-state index is -3.93. The third-order valence-corrected chi connectivity index (χ3v) is 7.45. The van der Waals surface area contributed by atoms with Gasteiger partial charge in [0.25, 0.3) is 0 Å². The molecule has 1 atom stereocenters.